The number of thiocarbonyl (C=S) groups is 1. The molecule has 2 aliphatic rings. The van der Waals surface area contributed by atoms with Crippen LogP contribution in [0.4, 0.5) is 17.6 Å². The fraction of sp³-hybridized carbons (Fsp3) is 0.762. The Kier molecular flexibility index (Phi) is 8.29. The van der Waals surface area contributed by atoms with Crippen LogP contribution in [0.1, 0.15) is 46.0 Å². The van der Waals surface area contributed by atoms with E-state index in [-0.39, 0.29) is 0 Å². The van der Waals surface area contributed by atoms with E-state index in [0.29, 0.717) is 29.5 Å². The Balaban J connectivity index is 1.75. The molecule has 3 heterocycles. The van der Waals surface area contributed by atoms with Gasteiger partial charge in [0.1, 0.15) is 11.6 Å². The summed E-state index contributed by atoms with van der Waals surface area (Å²) in [6, 6.07) is 2.16. The van der Waals surface area contributed by atoms with Gasteiger partial charge in [-0.05, 0) is 56.2 Å². The molecule has 0 bridgehead atoms. The Morgan fingerprint density at radius 3 is 2.21 bits per heavy atom. The number of aromatic nitrogens is 2. The van der Waals surface area contributed by atoms with Crippen LogP contribution >= 0.6 is 12.2 Å². The molecule has 0 spiro atoms. The maximum Gasteiger partial charge on any atom is 0.232 e. The summed E-state index contributed by atoms with van der Waals surface area (Å²) in [7, 11) is 1.71. The number of rotatable bonds is 7. The van der Waals surface area contributed by atoms with Gasteiger partial charge in [-0.1, -0.05) is 13.8 Å². The topological polar surface area (TPSA) is 65.6 Å². The zero-order chi connectivity index (χ0) is 20.6. The van der Waals surface area contributed by atoms with Gasteiger partial charge in [-0.3, -0.25) is 0 Å². The lowest BCUT2D eigenvalue weighted by atomic mass is 10.00. The van der Waals surface area contributed by atoms with Crippen LogP contribution < -0.4 is 20.4 Å². The first kappa shape index (κ1) is 22.0. The molecule has 2 aliphatic heterocycles. The van der Waals surface area contributed by atoms with Gasteiger partial charge in [0.2, 0.25) is 5.95 Å². The number of hydrogen-bond acceptors (Lipinski definition) is 6. The molecule has 0 aromatic carbocycles. The Bertz CT molecular complexity index is 632. The van der Waals surface area contributed by atoms with E-state index in [0.717, 1.165) is 50.8 Å². The van der Waals surface area contributed by atoms with E-state index < -0.39 is 0 Å². The molecule has 0 amide bonds. The Morgan fingerprint density at radius 2 is 1.69 bits per heavy atom. The molecule has 2 N–H and O–H groups in total. The van der Waals surface area contributed by atoms with Crippen molar-refractivity contribution in [1.29, 1.82) is 0 Å². The summed E-state index contributed by atoms with van der Waals surface area (Å²) in [6.45, 7) is 10.3. The summed E-state index contributed by atoms with van der Waals surface area (Å²) >= 11 is 5.45. The second-order valence-corrected chi connectivity index (χ2v) is 8.93. The highest BCUT2D eigenvalue weighted by atomic mass is 32.1. The molecule has 7 nitrogen and oxygen atoms in total. The van der Waals surface area contributed by atoms with Crippen LogP contribution in [-0.4, -0.2) is 61.5 Å². The number of ether oxygens (including phenoxy) is 1. The molecule has 2 saturated heterocycles. The highest BCUT2D eigenvalue weighted by molar-refractivity contribution is 7.80. The van der Waals surface area contributed by atoms with Crippen LogP contribution in [0.5, 0.6) is 0 Å². The second kappa shape index (κ2) is 10.9. The van der Waals surface area contributed by atoms with Crippen molar-refractivity contribution in [3.8, 4) is 0 Å². The van der Waals surface area contributed by atoms with E-state index in [9.17, 15) is 0 Å². The molecule has 8 heteroatoms. The highest BCUT2D eigenvalue weighted by Crippen LogP contribution is 2.28. The zero-order valence-electron chi connectivity index (χ0n) is 18.1. The molecule has 0 radical (unpaired) electrons. The summed E-state index contributed by atoms with van der Waals surface area (Å²) in [5.74, 6) is 3.97. The highest BCUT2D eigenvalue weighted by Gasteiger charge is 2.23. The molecule has 2 atom stereocenters. The molecular formula is C21H36N6OS. The van der Waals surface area contributed by atoms with Crippen molar-refractivity contribution in [3.05, 3.63) is 6.07 Å². The Labute approximate surface area is 180 Å². The van der Waals surface area contributed by atoms with Crippen LogP contribution in [0, 0.1) is 11.8 Å². The predicted octanol–water partition coefficient (Wildman–Crippen LogP) is 3.27. The van der Waals surface area contributed by atoms with Gasteiger partial charge in [0.05, 0.1) is 0 Å². The lowest BCUT2D eigenvalue weighted by Gasteiger charge is -2.35. The summed E-state index contributed by atoms with van der Waals surface area (Å²) in [4.78, 5) is 14.4. The first-order valence-corrected chi connectivity index (χ1v) is 11.4. The van der Waals surface area contributed by atoms with Crippen molar-refractivity contribution in [1.82, 2.24) is 15.3 Å². The Morgan fingerprint density at radius 1 is 1.10 bits per heavy atom. The number of anilines is 3. The van der Waals surface area contributed by atoms with Gasteiger partial charge >= 0.3 is 0 Å². The molecule has 3 rings (SSSR count). The molecule has 1 aromatic heterocycles. The van der Waals surface area contributed by atoms with Crippen LogP contribution in [0.3, 0.4) is 0 Å². The third kappa shape index (κ3) is 6.67. The maximum absolute atomic E-state index is 5.45. The van der Waals surface area contributed by atoms with Crippen molar-refractivity contribution in [3.63, 3.8) is 0 Å². The minimum absolute atomic E-state index is 0.559. The lowest BCUT2D eigenvalue weighted by molar-refractivity contribution is 0.196. The lowest BCUT2D eigenvalue weighted by Crippen LogP contribution is -2.37. The first-order chi connectivity index (χ1) is 14.0. The third-order valence-electron chi connectivity index (χ3n) is 5.70. The molecule has 0 aliphatic carbocycles. The number of hydrogen-bond donors (Lipinski definition) is 2. The average molecular weight is 421 g/mol. The monoisotopic (exact) mass is 420 g/mol. The van der Waals surface area contributed by atoms with Crippen molar-refractivity contribution < 1.29 is 4.74 Å². The van der Waals surface area contributed by atoms with Crippen LogP contribution in [0.15, 0.2) is 6.07 Å². The van der Waals surface area contributed by atoms with Gasteiger partial charge in [-0.15, -0.1) is 0 Å². The second-order valence-electron chi connectivity index (χ2n) is 8.52. The minimum atomic E-state index is 0.559. The summed E-state index contributed by atoms with van der Waals surface area (Å²) in [5, 5.41) is 6.97. The summed E-state index contributed by atoms with van der Waals surface area (Å²) in [6.07, 6.45) is 5.91. The number of nitrogens with zero attached hydrogens (tertiary/aromatic N) is 4. The van der Waals surface area contributed by atoms with Crippen molar-refractivity contribution in [2.24, 2.45) is 11.8 Å². The number of methoxy groups -OCH3 is 1. The van der Waals surface area contributed by atoms with Gasteiger partial charge in [-0.25, -0.2) is 0 Å². The van der Waals surface area contributed by atoms with E-state index in [2.05, 4.69) is 40.3 Å². The SMILES string of the molecule is COCCCNC(=S)Nc1nc(N2CCC[C@@H](C)C2)cc(N2CCC[C@H](C)C2)n1. The zero-order valence-corrected chi connectivity index (χ0v) is 18.9. The van der Waals surface area contributed by atoms with Gasteiger partial charge in [0.15, 0.2) is 5.11 Å². The van der Waals surface area contributed by atoms with Gasteiger partial charge in [-0.2, -0.15) is 9.97 Å². The van der Waals surface area contributed by atoms with Crippen LogP contribution in [0.25, 0.3) is 0 Å². The number of nitrogens with one attached hydrogen (secondary N) is 2. The van der Waals surface area contributed by atoms with Gasteiger partial charge in [0, 0.05) is 52.5 Å². The molecule has 162 valence electrons. The normalized spacial score (nSPS) is 22.4. The largest absolute Gasteiger partial charge is 0.385 e. The quantitative estimate of drug-likeness (QED) is 0.515. The Hall–Kier alpha value is -1.67. The van der Waals surface area contributed by atoms with Crippen LogP contribution in [0.2, 0.25) is 0 Å². The predicted molar refractivity (Wildman–Crippen MR) is 124 cm³/mol. The van der Waals surface area contributed by atoms with Gasteiger partial charge < -0.3 is 25.2 Å². The summed E-state index contributed by atoms with van der Waals surface area (Å²) < 4.78 is 5.09. The molecule has 2 fully saturated rings. The van der Waals surface area contributed by atoms with E-state index in [1.807, 2.05) is 0 Å². The molecule has 0 unspecified atom stereocenters. The molecule has 1 aromatic rings. The fourth-order valence-corrected chi connectivity index (χ4v) is 4.35. The van der Waals surface area contributed by atoms with E-state index in [1.165, 1.54) is 25.7 Å². The number of piperidine rings is 2. The molecular weight excluding hydrogens is 384 g/mol. The molecule has 29 heavy (non-hydrogen) atoms. The third-order valence-corrected chi connectivity index (χ3v) is 5.94. The average Bonchev–Trinajstić information content (AvgIpc) is 2.71. The molecule has 0 saturated carbocycles. The standard InChI is InChI=1S/C21H36N6OS/c1-16-7-4-10-26(14-16)18-13-19(27-11-5-8-17(2)15-27)24-20(23-18)25-21(29)22-9-6-12-28-3/h13,16-17H,4-12,14-15H2,1-3H3,(H2,22,23,24,25,29)/t16-,17+. The van der Waals surface area contributed by atoms with Crippen LogP contribution in [-0.2, 0) is 4.74 Å². The maximum atomic E-state index is 5.45. The summed E-state index contributed by atoms with van der Waals surface area (Å²) in [5.41, 5.74) is 0. The van der Waals surface area contributed by atoms with Crippen molar-refractivity contribution in [2.75, 3.05) is 61.6 Å². The van der Waals surface area contributed by atoms with Gasteiger partial charge in [0.25, 0.3) is 0 Å². The van der Waals surface area contributed by atoms with Crippen molar-refractivity contribution >= 4 is 34.9 Å². The van der Waals surface area contributed by atoms with E-state index in [1.54, 1.807) is 7.11 Å². The van der Waals surface area contributed by atoms with E-state index >= 15 is 0 Å². The van der Waals surface area contributed by atoms with E-state index in [4.69, 9.17) is 26.9 Å². The smallest absolute Gasteiger partial charge is 0.232 e. The fourth-order valence-electron chi connectivity index (χ4n) is 4.16. The van der Waals surface area contributed by atoms with Crippen molar-refractivity contribution in [2.45, 2.75) is 46.0 Å². The minimum Gasteiger partial charge on any atom is -0.385 e. The first-order valence-electron chi connectivity index (χ1n) is 11.0.